The van der Waals surface area contributed by atoms with Gasteiger partial charge in [0.2, 0.25) is 0 Å². The maximum Gasteiger partial charge on any atom is 0.137 e. The maximum atomic E-state index is 5.81. The van der Waals surface area contributed by atoms with Crippen molar-refractivity contribution in [2.45, 2.75) is 5.25 Å². The summed E-state index contributed by atoms with van der Waals surface area (Å²) in [7, 11) is 5.53. The molecule has 0 saturated carbocycles. The molecular weight excluding hydrogens is 376 g/mol. The first kappa shape index (κ1) is 20.0. The van der Waals surface area contributed by atoms with Gasteiger partial charge in [0.25, 0.3) is 0 Å². The second-order valence-electron chi connectivity index (χ2n) is 6.60. The molecule has 1 heterocycles. The maximum absolute atomic E-state index is 5.81. The average molecular weight is 403 g/mol. The van der Waals surface area contributed by atoms with Crippen molar-refractivity contribution < 1.29 is 9.47 Å². The van der Waals surface area contributed by atoms with Crippen LogP contribution in [0.2, 0.25) is 0 Å². The Hall–Kier alpha value is -1.76. The van der Waals surface area contributed by atoms with Crippen molar-refractivity contribution in [1.29, 1.82) is 0 Å². The number of rotatable bonds is 5. The predicted octanol–water partition coefficient (Wildman–Crippen LogP) is 4.06. The van der Waals surface area contributed by atoms with E-state index in [0.717, 1.165) is 42.0 Å². The van der Waals surface area contributed by atoms with Crippen LogP contribution in [-0.4, -0.2) is 61.6 Å². The summed E-state index contributed by atoms with van der Waals surface area (Å²) in [5.41, 5.74) is 2.42. The van der Waals surface area contributed by atoms with Crippen LogP contribution in [0.5, 0.6) is 11.5 Å². The molecule has 0 N–H and O–H groups in total. The lowest BCUT2D eigenvalue weighted by Crippen LogP contribution is -2.45. The van der Waals surface area contributed by atoms with Crippen molar-refractivity contribution in [3.05, 3.63) is 59.7 Å². The number of thiocarbonyl (C=S) groups is 1. The second-order valence-corrected chi connectivity index (χ2v) is 8.34. The number of benzene rings is 2. The molecule has 0 bridgehead atoms. The van der Waals surface area contributed by atoms with Gasteiger partial charge >= 0.3 is 0 Å². The van der Waals surface area contributed by atoms with E-state index in [1.54, 1.807) is 26.0 Å². The molecule has 4 nitrogen and oxygen atoms in total. The number of hydrogen-bond donors (Lipinski definition) is 0. The van der Waals surface area contributed by atoms with E-state index in [9.17, 15) is 0 Å². The minimum Gasteiger partial charge on any atom is -0.497 e. The SMILES string of the molecule is COc1ccc(C(SC(=S)N2CCN(C)CC2)c2ccc(OC)cc2)cc1. The zero-order valence-electron chi connectivity index (χ0n) is 16.1. The highest BCUT2D eigenvalue weighted by Crippen LogP contribution is 2.38. The van der Waals surface area contributed by atoms with E-state index in [4.69, 9.17) is 21.7 Å². The molecule has 0 radical (unpaired) electrons. The van der Waals surface area contributed by atoms with E-state index in [-0.39, 0.29) is 5.25 Å². The molecule has 0 aromatic heterocycles. The highest BCUT2D eigenvalue weighted by molar-refractivity contribution is 8.23. The van der Waals surface area contributed by atoms with Gasteiger partial charge in [-0.05, 0) is 42.4 Å². The fourth-order valence-corrected chi connectivity index (χ4v) is 4.64. The summed E-state index contributed by atoms with van der Waals surface area (Å²) in [6.07, 6.45) is 0. The van der Waals surface area contributed by atoms with Crippen molar-refractivity contribution in [3.63, 3.8) is 0 Å². The zero-order valence-corrected chi connectivity index (χ0v) is 17.7. The summed E-state index contributed by atoms with van der Waals surface area (Å²) in [4.78, 5) is 4.66. The molecular formula is C21H26N2O2S2. The first-order valence-corrected chi connectivity index (χ1v) is 10.3. The monoisotopic (exact) mass is 402 g/mol. The van der Waals surface area contributed by atoms with Gasteiger partial charge in [-0.1, -0.05) is 48.2 Å². The van der Waals surface area contributed by atoms with Gasteiger partial charge in [-0.2, -0.15) is 0 Å². The molecule has 2 aromatic rings. The molecule has 1 saturated heterocycles. The number of thioether (sulfide) groups is 1. The highest BCUT2D eigenvalue weighted by atomic mass is 32.2. The van der Waals surface area contributed by atoms with Crippen LogP contribution >= 0.6 is 24.0 Å². The van der Waals surface area contributed by atoms with Crippen LogP contribution in [0.1, 0.15) is 16.4 Å². The van der Waals surface area contributed by atoms with Gasteiger partial charge in [-0.25, -0.2) is 0 Å². The molecule has 2 aromatic carbocycles. The van der Waals surface area contributed by atoms with E-state index in [1.807, 2.05) is 24.3 Å². The molecule has 1 aliphatic heterocycles. The second kappa shape index (κ2) is 9.44. The van der Waals surface area contributed by atoms with Crippen LogP contribution in [0, 0.1) is 0 Å². The van der Waals surface area contributed by atoms with Gasteiger partial charge in [0.05, 0.1) is 19.5 Å². The van der Waals surface area contributed by atoms with Gasteiger partial charge in [0, 0.05) is 26.2 Å². The van der Waals surface area contributed by atoms with Gasteiger partial charge in [0.1, 0.15) is 15.8 Å². The zero-order chi connectivity index (χ0) is 19.2. The molecule has 0 atom stereocenters. The third kappa shape index (κ3) is 5.15. The van der Waals surface area contributed by atoms with E-state index in [1.165, 1.54) is 11.1 Å². The van der Waals surface area contributed by atoms with Crippen molar-refractivity contribution >= 4 is 28.3 Å². The lowest BCUT2D eigenvalue weighted by Gasteiger charge is -2.34. The first-order valence-electron chi connectivity index (χ1n) is 9.02. The fourth-order valence-electron chi connectivity index (χ4n) is 3.05. The van der Waals surface area contributed by atoms with Crippen LogP contribution in [0.3, 0.4) is 0 Å². The summed E-state index contributed by atoms with van der Waals surface area (Å²) in [5.74, 6) is 1.72. The van der Waals surface area contributed by atoms with Crippen LogP contribution < -0.4 is 9.47 Å². The van der Waals surface area contributed by atoms with Crippen molar-refractivity contribution in [2.24, 2.45) is 0 Å². The van der Waals surface area contributed by atoms with Crippen LogP contribution in [0.15, 0.2) is 48.5 Å². The molecule has 0 unspecified atom stereocenters. The molecule has 6 heteroatoms. The Morgan fingerprint density at radius 3 is 1.70 bits per heavy atom. The van der Waals surface area contributed by atoms with Crippen LogP contribution in [0.25, 0.3) is 0 Å². The minimum absolute atomic E-state index is 0.133. The summed E-state index contributed by atoms with van der Waals surface area (Å²) in [5, 5.41) is 0.133. The van der Waals surface area contributed by atoms with Gasteiger partial charge < -0.3 is 19.3 Å². The van der Waals surface area contributed by atoms with Crippen molar-refractivity contribution in [3.8, 4) is 11.5 Å². The predicted molar refractivity (Wildman–Crippen MR) is 117 cm³/mol. The van der Waals surface area contributed by atoms with Gasteiger partial charge in [0.15, 0.2) is 0 Å². The molecule has 3 rings (SSSR count). The van der Waals surface area contributed by atoms with E-state index in [0.29, 0.717) is 0 Å². The number of nitrogens with zero attached hydrogens (tertiary/aromatic N) is 2. The third-order valence-corrected chi connectivity index (χ3v) is 6.60. The lowest BCUT2D eigenvalue weighted by atomic mass is 10.0. The standard InChI is InChI=1S/C21H26N2O2S2/c1-22-12-14-23(15-13-22)21(26)27-20(16-4-8-18(24-2)9-5-16)17-6-10-19(25-3)11-7-17/h4-11,20H,12-15H2,1-3H3. The molecule has 1 fully saturated rings. The average Bonchev–Trinajstić information content (AvgIpc) is 2.72. The third-order valence-electron chi connectivity index (χ3n) is 4.82. The van der Waals surface area contributed by atoms with E-state index in [2.05, 4.69) is 41.1 Å². The number of likely N-dealkylation sites (N-methyl/N-ethyl adjacent to an activating group) is 1. The number of piperazine rings is 1. The Morgan fingerprint density at radius 2 is 1.30 bits per heavy atom. The van der Waals surface area contributed by atoms with Crippen LogP contribution in [-0.2, 0) is 0 Å². The fraction of sp³-hybridized carbons (Fsp3) is 0.381. The van der Waals surface area contributed by atoms with Crippen molar-refractivity contribution in [2.75, 3.05) is 47.4 Å². The number of hydrogen-bond acceptors (Lipinski definition) is 5. The number of methoxy groups -OCH3 is 2. The Kier molecular flexibility index (Phi) is 6.99. The Labute approximate surface area is 171 Å². The Bertz CT molecular complexity index is 694. The highest BCUT2D eigenvalue weighted by Gasteiger charge is 2.23. The lowest BCUT2D eigenvalue weighted by molar-refractivity contribution is 0.220. The Morgan fingerprint density at radius 1 is 0.852 bits per heavy atom. The Balaban J connectivity index is 1.82. The quantitative estimate of drug-likeness (QED) is 0.700. The van der Waals surface area contributed by atoms with Gasteiger partial charge in [-0.3, -0.25) is 0 Å². The normalized spacial score (nSPS) is 15.0. The smallest absolute Gasteiger partial charge is 0.137 e. The number of ether oxygens (including phenoxy) is 2. The van der Waals surface area contributed by atoms with Crippen molar-refractivity contribution in [1.82, 2.24) is 9.80 Å². The summed E-state index contributed by atoms with van der Waals surface area (Å²) in [6, 6.07) is 16.5. The first-order chi connectivity index (χ1) is 13.1. The molecule has 0 spiro atoms. The molecule has 0 amide bonds. The molecule has 1 aliphatic rings. The molecule has 0 aliphatic carbocycles. The van der Waals surface area contributed by atoms with E-state index < -0.39 is 0 Å². The van der Waals surface area contributed by atoms with E-state index >= 15 is 0 Å². The summed E-state index contributed by atoms with van der Waals surface area (Å²) < 4.78 is 11.6. The summed E-state index contributed by atoms with van der Waals surface area (Å²) in [6.45, 7) is 4.08. The topological polar surface area (TPSA) is 24.9 Å². The van der Waals surface area contributed by atoms with Gasteiger partial charge in [-0.15, -0.1) is 0 Å². The largest absolute Gasteiger partial charge is 0.497 e. The van der Waals surface area contributed by atoms with Crippen LogP contribution in [0.4, 0.5) is 0 Å². The molecule has 27 heavy (non-hydrogen) atoms. The summed E-state index contributed by atoms with van der Waals surface area (Å²) >= 11 is 7.55. The minimum atomic E-state index is 0.133. The molecule has 144 valence electrons.